The number of carboxylic acid groups (broad SMARTS) is 2. The average Bonchev–Trinajstić information content (AvgIpc) is 3.50. The van der Waals surface area contributed by atoms with Crippen molar-refractivity contribution in [3.63, 3.8) is 0 Å². The number of rotatable bonds is 6. The van der Waals surface area contributed by atoms with Crippen molar-refractivity contribution in [2.24, 2.45) is 5.16 Å². The highest BCUT2D eigenvalue weighted by molar-refractivity contribution is 6.39. The van der Waals surface area contributed by atoms with Gasteiger partial charge < -0.3 is 30.6 Å². The van der Waals surface area contributed by atoms with Gasteiger partial charge in [-0.05, 0) is 31.5 Å². The molecule has 13 nitrogen and oxygen atoms in total. The minimum absolute atomic E-state index is 0.0788. The van der Waals surface area contributed by atoms with Gasteiger partial charge in [0.1, 0.15) is 5.71 Å². The molecule has 1 spiro atoms. The fourth-order valence-corrected chi connectivity index (χ4v) is 4.04. The quantitative estimate of drug-likeness (QED) is 0.347. The number of aliphatic carboxylic acids is 2. The van der Waals surface area contributed by atoms with Gasteiger partial charge in [0.25, 0.3) is 5.91 Å². The van der Waals surface area contributed by atoms with E-state index in [2.05, 4.69) is 25.7 Å². The van der Waals surface area contributed by atoms with E-state index in [1.807, 2.05) is 18.2 Å². The molecule has 0 aliphatic carbocycles. The number of carboxylic acids is 2. The summed E-state index contributed by atoms with van der Waals surface area (Å²) in [7, 11) is 0. The molecule has 1 unspecified atom stereocenters. The number of pyridine rings is 1. The molecule has 4 rings (SSSR count). The van der Waals surface area contributed by atoms with Gasteiger partial charge in [0.05, 0.1) is 5.69 Å². The summed E-state index contributed by atoms with van der Waals surface area (Å²) < 4.78 is 63.5. The smallest absolute Gasteiger partial charge is 0.475 e. The van der Waals surface area contributed by atoms with Crippen molar-refractivity contribution in [3.8, 4) is 0 Å². The normalized spacial score (nSPS) is 20.3. The van der Waals surface area contributed by atoms with E-state index in [1.165, 1.54) is 0 Å². The maximum atomic E-state index is 12.4. The third-order valence-electron chi connectivity index (χ3n) is 5.93. The monoisotopic (exact) mass is 614 g/mol. The van der Waals surface area contributed by atoms with Crippen LogP contribution in [-0.2, 0) is 25.8 Å². The zero-order valence-electron chi connectivity index (χ0n) is 21.9. The van der Waals surface area contributed by atoms with E-state index in [1.54, 1.807) is 11.1 Å². The van der Waals surface area contributed by atoms with Crippen molar-refractivity contribution in [2.45, 2.75) is 43.8 Å². The molecule has 0 bridgehead atoms. The van der Waals surface area contributed by atoms with E-state index in [0.29, 0.717) is 38.3 Å². The highest BCUT2D eigenvalue weighted by Gasteiger charge is 2.44. The van der Waals surface area contributed by atoms with E-state index in [4.69, 9.17) is 24.6 Å². The largest absolute Gasteiger partial charge is 0.490 e. The van der Waals surface area contributed by atoms with Gasteiger partial charge in [0.2, 0.25) is 0 Å². The number of halogens is 6. The minimum atomic E-state index is -5.08. The van der Waals surface area contributed by atoms with Crippen molar-refractivity contribution in [3.05, 3.63) is 30.1 Å². The number of likely N-dealkylation sites (tertiary alicyclic amines) is 1. The number of carbonyl (C=O) groups is 4. The van der Waals surface area contributed by atoms with Crippen LogP contribution < -0.4 is 10.6 Å². The molecule has 42 heavy (non-hydrogen) atoms. The van der Waals surface area contributed by atoms with Crippen molar-refractivity contribution < 1.29 is 60.6 Å². The van der Waals surface area contributed by atoms with Crippen LogP contribution in [0.2, 0.25) is 0 Å². The maximum absolute atomic E-state index is 12.4. The second kappa shape index (κ2) is 14.6. The molecule has 2 fully saturated rings. The van der Waals surface area contributed by atoms with Gasteiger partial charge in [-0.2, -0.15) is 26.3 Å². The molecule has 1 atom stereocenters. The van der Waals surface area contributed by atoms with Gasteiger partial charge >= 0.3 is 30.3 Å². The average molecular weight is 615 g/mol. The summed E-state index contributed by atoms with van der Waals surface area (Å²) in [6.07, 6.45) is -5.96. The van der Waals surface area contributed by atoms with E-state index in [9.17, 15) is 35.9 Å². The summed E-state index contributed by atoms with van der Waals surface area (Å²) in [6.45, 7) is 4.72. The first-order valence-corrected chi connectivity index (χ1v) is 12.3. The summed E-state index contributed by atoms with van der Waals surface area (Å²) in [4.78, 5) is 55.9. The van der Waals surface area contributed by atoms with Gasteiger partial charge in [-0.3, -0.25) is 14.7 Å². The first-order valence-electron chi connectivity index (χ1n) is 12.3. The number of hydrogen-bond donors (Lipinski definition) is 4. The lowest BCUT2D eigenvalue weighted by molar-refractivity contribution is -0.193. The molecule has 0 aromatic carbocycles. The number of urea groups is 1. The number of nitrogens with zero attached hydrogens (tertiary/aromatic N) is 4. The Labute approximate surface area is 234 Å². The number of nitrogens with one attached hydrogen (secondary N) is 2. The van der Waals surface area contributed by atoms with Crippen LogP contribution in [0.5, 0.6) is 0 Å². The summed E-state index contributed by atoms with van der Waals surface area (Å²) in [5.41, 5.74) is 1.04. The van der Waals surface area contributed by atoms with Crippen molar-refractivity contribution >= 4 is 29.6 Å². The minimum Gasteiger partial charge on any atom is -0.475 e. The molecule has 19 heteroatoms. The summed E-state index contributed by atoms with van der Waals surface area (Å²) in [5, 5.41) is 23.9. The number of hydrogen-bond acceptors (Lipinski definition) is 8. The Kier molecular flexibility index (Phi) is 11.9. The predicted octanol–water partition coefficient (Wildman–Crippen LogP) is 1.60. The third kappa shape index (κ3) is 11.0. The number of piperidine rings is 1. The lowest BCUT2D eigenvalue weighted by Gasteiger charge is -2.38. The molecule has 1 aromatic rings. The lowest BCUT2D eigenvalue weighted by atomic mass is 9.88. The number of oxime groups is 1. The number of alkyl halides is 6. The Balaban J connectivity index is 0.000000367. The molecule has 4 heterocycles. The lowest BCUT2D eigenvalue weighted by Crippen LogP contribution is -2.48. The molecule has 3 aliphatic rings. The standard InChI is InChI=1S/C19H26N6O3.2C2HF3O2/c26-17(21-7-10-25-11-8-22-18(25)27)16-12-19(28-23-16)5-3-9-24(14-19)13-15-4-1-2-6-20-15;2*3-2(4,5)1(6)7/h1-2,4,6H,3,5,7-14H2,(H,21,26)(H,22,27);2*(H,6,7). The van der Waals surface area contributed by atoms with Crippen molar-refractivity contribution in [1.29, 1.82) is 0 Å². The Bertz CT molecular complexity index is 1110. The molecule has 3 aliphatic heterocycles. The van der Waals surface area contributed by atoms with Gasteiger partial charge in [0.15, 0.2) is 5.60 Å². The topological polar surface area (TPSA) is 174 Å². The summed E-state index contributed by atoms with van der Waals surface area (Å²) >= 11 is 0. The second-order valence-corrected chi connectivity index (χ2v) is 9.21. The third-order valence-corrected chi connectivity index (χ3v) is 5.93. The maximum Gasteiger partial charge on any atom is 0.490 e. The van der Waals surface area contributed by atoms with E-state index < -0.39 is 29.9 Å². The Morgan fingerprint density at radius 1 is 1.07 bits per heavy atom. The van der Waals surface area contributed by atoms with Crippen LogP contribution in [0.15, 0.2) is 29.6 Å². The van der Waals surface area contributed by atoms with Crippen LogP contribution in [0.25, 0.3) is 0 Å². The van der Waals surface area contributed by atoms with Crippen LogP contribution in [0.4, 0.5) is 31.1 Å². The summed E-state index contributed by atoms with van der Waals surface area (Å²) in [5.74, 6) is -5.72. The first kappa shape index (κ1) is 34.0. The SMILES string of the molecule is O=C(NCCN1CCNC1=O)C1=NOC2(CCCN(Cc3ccccn3)C2)C1.O=C(O)C(F)(F)F.O=C(O)C(F)(F)F. The molecule has 0 saturated carbocycles. The van der Waals surface area contributed by atoms with Crippen LogP contribution in [0, 0.1) is 0 Å². The van der Waals surface area contributed by atoms with Gasteiger partial charge in [0, 0.05) is 51.9 Å². The zero-order chi connectivity index (χ0) is 31.6. The molecular formula is C23H28F6N6O7. The molecule has 1 aromatic heterocycles. The zero-order valence-corrected chi connectivity index (χ0v) is 21.9. The molecule has 2 saturated heterocycles. The Morgan fingerprint density at radius 2 is 1.71 bits per heavy atom. The second-order valence-electron chi connectivity index (χ2n) is 9.21. The van der Waals surface area contributed by atoms with Crippen LogP contribution in [0.1, 0.15) is 25.0 Å². The van der Waals surface area contributed by atoms with E-state index in [0.717, 1.165) is 38.2 Å². The molecule has 0 radical (unpaired) electrons. The fourth-order valence-electron chi connectivity index (χ4n) is 4.04. The van der Waals surface area contributed by atoms with Crippen molar-refractivity contribution in [1.82, 2.24) is 25.4 Å². The predicted molar refractivity (Wildman–Crippen MR) is 130 cm³/mol. The fraction of sp³-hybridized carbons (Fsp3) is 0.565. The number of carbonyl (C=O) groups excluding carboxylic acids is 2. The van der Waals surface area contributed by atoms with Gasteiger partial charge in [-0.25, -0.2) is 14.4 Å². The Hall–Kier alpha value is -4.16. The summed E-state index contributed by atoms with van der Waals surface area (Å²) in [6, 6.07) is 5.85. The molecule has 4 N–H and O–H groups in total. The molecule has 234 valence electrons. The number of amides is 3. The van der Waals surface area contributed by atoms with Crippen molar-refractivity contribution in [2.75, 3.05) is 39.3 Å². The van der Waals surface area contributed by atoms with Gasteiger partial charge in [-0.15, -0.1) is 0 Å². The highest BCUT2D eigenvalue weighted by atomic mass is 19.4. The van der Waals surface area contributed by atoms with E-state index in [-0.39, 0.29) is 11.9 Å². The molecular weight excluding hydrogens is 586 g/mol. The molecule has 3 amide bonds. The number of aromatic nitrogens is 1. The van der Waals surface area contributed by atoms with Gasteiger partial charge in [-0.1, -0.05) is 11.2 Å². The highest BCUT2D eigenvalue weighted by Crippen LogP contribution is 2.34. The Morgan fingerprint density at radius 3 is 2.24 bits per heavy atom. The van der Waals surface area contributed by atoms with Crippen LogP contribution in [-0.4, -0.2) is 112 Å². The van der Waals surface area contributed by atoms with Crippen LogP contribution in [0.3, 0.4) is 0 Å². The van der Waals surface area contributed by atoms with E-state index >= 15 is 0 Å². The first-order chi connectivity index (χ1) is 19.5. The van der Waals surface area contributed by atoms with Crippen LogP contribution >= 0.6 is 0 Å².